The molecule has 1 aliphatic rings. The van der Waals surface area contributed by atoms with Crippen molar-refractivity contribution in [3.05, 3.63) is 0 Å². The Bertz CT molecular complexity index is 325. The zero-order chi connectivity index (χ0) is 13.9. The van der Waals surface area contributed by atoms with Gasteiger partial charge >= 0.3 is 6.09 Å². The normalized spacial score (nSPS) is 23.9. The predicted octanol–water partition coefficient (Wildman–Crippen LogP) is 0.493. The molecule has 0 aromatic rings. The first-order chi connectivity index (χ1) is 8.19. The summed E-state index contributed by atoms with van der Waals surface area (Å²) in [5.74, 6) is -0.152. The Morgan fingerprint density at radius 3 is 2.56 bits per heavy atom. The summed E-state index contributed by atoms with van der Waals surface area (Å²) in [7, 11) is 0. The van der Waals surface area contributed by atoms with Crippen molar-refractivity contribution in [1.29, 1.82) is 0 Å². The number of aliphatic hydroxyl groups is 1. The van der Waals surface area contributed by atoms with E-state index in [-0.39, 0.29) is 18.5 Å². The molecule has 6 heteroatoms. The maximum Gasteiger partial charge on any atom is 0.410 e. The number of nitrogens with one attached hydrogen (secondary N) is 1. The summed E-state index contributed by atoms with van der Waals surface area (Å²) in [6.45, 7) is 7.38. The highest BCUT2D eigenvalue weighted by molar-refractivity contribution is 5.73. The molecule has 2 atom stereocenters. The first kappa shape index (κ1) is 14.8. The molecule has 0 aromatic carbocycles. The third kappa shape index (κ3) is 4.52. The Hall–Kier alpha value is -1.30. The lowest BCUT2D eigenvalue weighted by molar-refractivity contribution is -0.119. The first-order valence-electron chi connectivity index (χ1n) is 6.11. The van der Waals surface area contributed by atoms with E-state index in [1.165, 1.54) is 11.8 Å². The average molecular weight is 258 g/mol. The molecule has 1 fully saturated rings. The predicted molar refractivity (Wildman–Crippen MR) is 66.0 cm³/mol. The van der Waals surface area contributed by atoms with E-state index in [1.54, 1.807) is 20.8 Å². The molecule has 0 aromatic heterocycles. The van der Waals surface area contributed by atoms with Crippen LogP contribution in [0.5, 0.6) is 0 Å². The number of rotatable bonds is 2. The number of carbonyl (C=O) groups excluding carboxylic acids is 2. The van der Waals surface area contributed by atoms with Crippen LogP contribution in [0.3, 0.4) is 0 Å². The number of ether oxygens (including phenoxy) is 1. The zero-order valence-corrected chi connectivity index (χ0v) is 11.4. The molecule has 1 aliphatic heterocycles. The summed E-state index contributed by atoms with van der Waals surface area (Å²) in [5.41, 5.74) is -0.566. The van der Waals surface area contributed by atoms with Gasteiger partial charge in [-0.05, 0) is 27.2 Å². The van der Waals surface area contributed by atoms with Gasteiger partial charge in [0.15, 0.2) is 0 Å². The van der Waals surface area contributed by atoms with Crippen LogP contribution in [-0.2, 0) is 9.53 Å². The Kier molecular flexibility index (Phi) is 4.56. The van der Waals surface area contributed by atoms with Crippen molar-refractivity contribution in [1.82, 2.24) is 10.2 Å². The SMILES string of the molecule is CC(=O)NC[C@@H]1C[C@@H](O)CN1C(=O)OC(C)(C)C. The van der Waals surface area contributed by atoms with Crippen LogP contribution >= 0.6 is 0 Å². The zero-order valence-electron chi connectivity index (χ0n) is 11.4. The van der Waals surface area contributed by atoms with Crippen molar-refractivity contribution in [3.8, 4) is 0 Å². The summed E-state index contributed by atoms with van der Waals surface area (Å²) in [5, 5.41) is 12.3. The van der Waals surface area contributed by atoms with Crippen molar-refractivity contribution >= 4 is 12.0 Å². The van der Waals surface area contributed by atoms with Gasteiger partial charge in [0.05, 0.1) is 18.7 Å². The van der Waals surface area contributed by atoms with Crippen molar-refractivity contribution in [2.75, 3.05) is 13.1 Å². The molecule has 0 radical (unpaired) electrons. The number of hydrogen-bond acceptors (Lipinski definition) is 4. The highest BCUT2D eigenvalue weighted by Gasteiger charge is 2.36. The fourth-order valence-electron chi connectivity index (χ4n) is 1.89. The number of likely N-dealkylation sites (tertiary alicyclic amines) is 1. The van der Waals surface area contributed by atoms with E-state index in [4.69, 9.17) is 4.74 Å². The van der Waals surface area contributed by atoms with Gasteiger partial charge in [-0.25, -0.2) is 4.79 Å². The molecule has 1 rings (SSSR count). The molecule has 0 bridgehead atoms. The maximum absolute atomic E-state index is 11.9. The molecule has 6 nitrogen and oxygen atoms in total. The number of nitrogens with zero attached hydrogens (tertiary/aromatic N) is 1. The quantitative estimate of drug-likeness (QED) is 0.755. The van der Waals surface area contributed by atoms with Gasteiger partial charge in [0.1, 0.15) is 5.60 Å². The fourth-order valence-corrected chi connectivity index (χ4v) is 1.89. The molecule has 0 spiro atoms. The van der Waals surface area contributed by atoms with Gasteiger partial charge in [-0.2, -0.15) is 0 Å². The highest BCUT2D eigenvalue weighted by atomic mass is 16.6. The second kappa shape index (κ2) is 5.56. The lowest BCUT2D eigenvalue weighted by atomic mass is 10.2. The summed E-state index contributed by atoms with van der Waals surface area (Å²) in [6.07, 6.45) is -0.551. The number of aliphatic hydroxyl groups excluding tert-OH is 1. The molecule has 104 valence electrons. The van der Waals surface area contributed by atoms with E-state index in [0.29, 0.717) is 13.0 Å². The minimum Gasteiger partial charge on any atom is -0.444 e. The number of amides is 2. The lowest BCUT2D eigenvalue weighted by Gasteiger charge is -2.28. The molecule has 2 N–H and O–H groups in total. The van der Waals surface area contributed by atoms with Crippen LogP contribution in [0.2, 0.25) is 0 Å². The largest absolute Gasteiger partial charge is 0.444 e. The third-order valence-electron chi connectivity index (χ3n) is 2.61. The molecule has 2 amide bonds. The number of β-amino-alcohol motifs (C(OH)–C–C–N with tert-alkyl or cyclic N) is 1. The van der Waals surface area contributed by atoms with Crippen molar-refractivity contribution in [2.24, 2.45) is 0 Å². The Labute approximate surface area is 107 Å². The fraction of sp³-hybridized carbons (Fsp3) is 0.833. The van der Waals surface area contributed by atoms with Crippen LogP contribution in [0, 0.1) is 0 Å². The van der Waals surface area contributed by atoms with Crippen LogP contribution in [-0.4, -0.2) is 52.8 Å². The minimum atomic E-state index is -0.566. The van der Waals surface area contributed by atoms with Crippen LogP contribution < -0.4 is 5.32 Å². The molecular weight excluding hydrogens is 236 g/mol. The molecule has 0 aliphatic carbocycles. The molecule has 18 heavy (non-hydrogen) atoms. The van der Waals surface area contributed by atoms with Gasteiger partial charge in [-0.15, -0.1) is 0 Å². The summed E-state index contributed by atoms with van der Waals surface area (Å²) in [4.78, 5) is 24.3. The van der Waals surface area contributed by atoms with E-state index >= 15 is 0 Å². The number of carbonyl (C=O) groups is 2. The second-order valence-electron chi connectivity index (χ2n) is 5.61. The molecule has 0 saturated carbocycles. The smallest absolute Gasteiger partial charge is 0.410 e. The third-order valence-corrected chi connectivity index (χ3v) is 2.61. The van der Waals surface area contributed by atoms with Crippen molar-refractivity contribution in [2.45, 2.75) is 51.9 Å². The van der Waals surface area contributed by atoms with Crippen LogP contribution in [0.4, 0.5) is 4.79 Å². The topological polar surface area (TPSA) is 78.9 Å². The van der Waals surface area contributed by atoms with Gasteiger partial charge in [-0.3, -0.25) is 4.79 Å². The van der Waals surface area contributed by atoms with Gasteiger partial charge in [0.2, 0.25) is 5.91 Å². The van der Waals surface area contributed by atoms with Crippen LogP contribution in [0.25, 0.3) is 0 Å². The Morgan fingerprint density at radius 2 is 2.06 bits per heavy atom. The van der Waals surface area contributed by atoms with Crippen molar-refractivity contribution < 1.29 is 19.4 Å². The minimum absolute atomic E-state index is 0.152. The summed E-state index contributed by atoms with van der Waals surface area (Å²) >= 11 is 0. The maximum atomic E-state index is 11.9. The standard InChI is InChI=1S/C12H22N2O4/c1-8(15)13-6-9-5-10(16)7-14(9)11(17)18-12(2,3)4/h9-10,16H,5-7H2,1-4H3,(H,13,15)/t9-,10+/m0/s1. The Balaban J connectivity index is 2.60. The lowest BCUT2D eigenvalue weighted by Crippen LogP contribution is -2.44. The van der Waals surface area contributed by atoms with Gasteiger partial charge < -0.3 is 20.1 Å². The molecule has 0 unspecified atom stereocenters. The molecule has 1 heterocycles. The average Bonchev–Trinajstić information content (AvgIpc) is 2.54. The number of hydrogen-bond donors (Lipinski definition) is 2. The Morgan fingerprint density at radius 1 is 1.44 bits per heavy atom. The monoisotopic (exact) mass is 258 g/mol. The van der Waals surface area contributed by atoms with E-state index in [2.05, 4.69) is 5.32 Å². The molecular formula is C12H22N2O4. The van der Waals surface area contributed by atoms with E-state index < -0.39 is 17.8 Å². The molecule has 1 saturated heterocycles. The van der Waals surface area contributed by atoms with E-state index in [9.17, 15) is 14.7 Å². The van der Waals surface area contributed by atoms with Gasteiger partial charge in [0, 0.05) is 13.5 Å². The second-order valence-corrected chi connectivity index (χ2v) is 5.61. The van der Waals surface area contributed by atoms with Gasteiger partial charge in [-0.1, -0.05) is 0 Å². The summed E-state index contributed by atoms with van der Waals surface area (Å²) in [6, 6.07) is -0.209. The van der Waals surface area contributed by atoms with Crippen molar-refractivity contribution in [3.63, 3.8) is 0 Å². The van der Waals surface area contributed by atoms with E-state index in [1.807, 2.05) is 0 Å². The van der Waals surface area contributed by atoms with E-state index in [0.717, 1.165) is 0 Å². The first-order valence-corrected chi connectivity index (χ1v) is 6.11. The van der Waals surface area contributed by atoms with Gasteiger partial charge in [0.25, 0.3) is 0 Å². The highest BCUT2D eigenvalue weighted by Crippen LogP contribution is 2.20. The van der Waals surface area contributed by atoms with Crippen LogP contribution in [0.1, 0.15) is 34.1 Å². The van der Waals surface area contributed by atoms with Crippen LogP contribution in [0.15, 0.2) is 0 Å². The summed E-state index contributed by atoms with van der Waals surface area (Å²) < 4.78 is 5.27.